The van der Waals surface area contributed by atoms with E-state index in [1.54, 1.807) is 0 Å². The van der Waals surface area contributed by atoms with Crippen LogP contribution in [0.15, 0.2) is 0 Å². The summed E-state index contributed by atoms with van der Waals surface area (Å²) in [7, 11) is 3.94. The van der Waals surface area contributed by atoms with Crippen molar-refractivity contribution in [1.29, 1.82) is 0 Å². The average molecular weight is 180 g/mol. The maximum absolute atomic E-state index is 4.42. The molecule has 0 bridgehead atoms. The fourth-order valence-electron chi connectivity index (χ4n) is 1.31. The van der Waals surface area contributed by atoms with Crippen molar-refractivity contribution in [2.24, 2.45) is 5.92 Å². The molecule has 0 amide bonds. The molecular weight excluding hydrogens is 164 g/mol. The Morgan fingerprint density at radius 2 is 2.15 bits per heavy atom. The highest BCUT2D eigenvalue weighted by Gasteiger charge is 2.23. The van der Waals surface area contributed by atoms with Gasteiger partial charge in [0, 0.05) is 20.6 Å². The number of nitrogens with zero attached hydrogens (tertiary/aromatic N) is 4. The Kier molecular flexibility index (Phi) is 1.98. The van der Waals surface area contributed by atoms with Crippen molar-refractivity contribution in [2.75, 3.05) is 19.0 Å². The SMILES string of the molecule is Cc1nc(N(C)C)nn1CC1CC1. The van der Waals surface area contributed by atoms with Crippen LogP contribution in [0.25, 0.3) is 0 Å². The Bertz CT molecular complexity index is 299. The molecule has 2 rings (SSSR count). The summed E-state index contributed by atoms with van der Waals surface area (Å²) < 4.78 is 2.02. The van der Waals surface area contributed by atoms with E-state index >= 15 is 0 Å². The Labute approximate surface area is 78.6 Å². The lowest BCUT2D eigenvalue weighted by molar-refractivity contribution is 0.547. The van der Waals surface area contributed by atoms with Gasteiger partial charge in [0.2, 0.25) is 5.95 Å². The normalized spacial score (nSPS) is 16.2. The third-order valence-electron chi connectivity index (χ3n) is 2.37. The quantitative estimate of drug-likeness (QED) is 0.697. The van der Waals surface area contributed by atoms with Crippen LogP contribution in [0, 0.1) is 12.8 Å². The fourth-order valence-corrected chi connectivity index (χ4v) is 1.31. The second-order valence-corrected chi connectivity index (χ2v) is 3.98. The topological polar surface area (TPSA) is 34.0 Å². The van der Waals surface area contributed by atoms with Crippen molar-refractivity contribution in [3.8, 4) is 0 Å². The van der Waals surface area contributed by atoms with Crippen molar-refractivity contribution in [1.82, 2.24) is 14.8 Å². The van der Waals surface area contributed by atoms with E-state index in [4.69, 9.17) is 0 Å². The van der Waals surface area contributed by atoms with Gasteiger partial charge in [0.1, 0.15) is 5.82 Å². The van der Waals surface area contributed by atoms with Gasteiger partial charge in [-0.1, -0.05) is 0 Å². The van der Waals surface area contributed by atoms with Gasteiger partial charge in [0.15, 0.2) is 0 Å². The minimum Gasteiger partial charge on any atom is -0.346 e. The van der Waals surface area contributed by atoms with Crippen molar-refractivity contribution in [3.63, 3.8) is 0 Å². The molecule has 1 aliphatic rings. The monoisotopic (exact) mass is 180 g/mol. The van der Waals surface area contributed by atoms with E-state index in [1.807, 2.05) is 30.6 Å². The molecule has 1 aromatic heterocycles. The predicted molar refractivity (Wildman–Crippen MR) is 51.8 cm³/mol. The van der Waals surface area contributed by atoms with Gasteiger partial charge in [0.25, 0.3) is 0 Å². The smallest absolute Gasteiger partial charge is 0.244 e. The predicted octanol–water partition coefficient (Wildman–Crippen LogP) is 1.06. The molecule has 4 nitrogen and oxygen atoms in total. The summed E-state index contributed by atoms with van der Waals surface area (Å²) in [5.74, 6) is 2.70. The Hall–Kier alpha value is -1.06. The van der Waals surface area contributed by atoms with Crippen molar-refractivity contribution < 1.29 is 0 Å². The molecule has 4 heteroatoms. The second kappa shape index (κ2) is 3.01. The lowest BCUT2D eigenvalue weighted by Crippen LogP contribution is -2.11. The molecule has 0 aromatic carbocycles. The van der Waals surface area contributed by atoms with Crippen LogP contribution in [0.1, 0.15) is 18.7 Å². The highest BCUT2D eigenvalue weighted by molar-refractivity contribution is 5.25. The van der Waals surface area contributed by atoms with E-state index in [9.17, 15) is 0 Å². The van der Waals surface area contributed by atoms with Crippen LogP contribution >= 0.6 is 0 Å². The Morgan fingerprint density at radius 1 is 1.46 bits per heavy atom. The first kappa shape index (κ1) is 8.53. The zero-order valence-electron chi connectivity index (χ0n) is 8.49. The molecule has 1 heterocycles. The molecule has 1 fully saturated rings. The summed E-state index contributed by atoms with van der Waals surface area (Å²) in [4.78, 5) is 6.31. The summed E-state index contributed by atoms with van der Waals surface area (Å²) in [6.07, 6.45) is 2.72. The molecule has 72 valence electrons. The Balaban J connectivity index is 2.14. The molecule has 0 atom stereocenters. The summed E-state index contributed by atoms with van der Waals surface area (Å²) in [5, 5.41) is 4.42. The van der Waals surface area contributed by atoms with Gasteiger partial charge < -0.3 is 4.90 Å². The number of hydrogen-bond donors (Lipinski definition) is 0. The third kappa shape index (κ3) is 1.82. The van der Waals surface area contributed by atoms with Crippen LogP contribution in [0.2, 0.25) is 0 Å². The molecule has 1 aromatic rings. The van der Waals surface area contributed by atoms with Crippen LogP contribution in [0.4, 0.5) is 5.95 Å². The summed E-state index contributed by atoms with van der Waals surface area (Å²) >= 11 is 0. The first-order chi connectivity index (χ1) is 6.16. The number of aromatic nitrogens is 3. The zero-order valence-corrected chi connectivity index (χ0v) is 8.49. The van der Waals surface area contributed by atoms with E-state index in [-0.39, 0.29) is 0 Å². The van der Waals surface area contributed by atoms with E-state index in [0.717, 1.165) is 24.2 Å². The van der Waals surface area contributed by atoms with E-state index in [1.165, 1.54) is 12.8 Å². The Morgan fingerprint density at radius 3 is 2.62 bits per heavy atom. The van der Waals surface area contributed by atoms with Gasteiger partial charge in [-0.05, 0) is 25.7 Å². The molecule has 1 saturated carbocycles. The van der Waals surface area contributed by atoms with Crippen LogP contribution in [0.3, 0.4) is 0 Å². The van der Waals surface area contributed by atoms with Crippen molar-refractivity contribution in [2.45, 2.75) is 26.3 Å². The molecule has 0 unspecified atom stereocenters. The van der Waals surface area contributed by atoms with Crippen LogP contribution in [0.5, 0.6) is 0 Å². The van der Waals surface area contributed by atoms with E-state index < -0.39 is 0 Å². The summed E-state index contributed by atoms with van der Waals surface area (Å²) in [6.45, 7) is 3.06. The van der Waals surface area contributed by atoms with Gasteiger partial charge >= 0.3 is 0 Å². The highest BCUT2D eigenvalue weighted by Crippen LogP contribution is 2.30. The van der Waals surface area contributed by atoms with Crippen molar-refractivity contribution >= 4 is 5.95 Å². The second-order valence-electron chi connectivity index (χ2n) is 3.98. The van der Waals surface area contributed by atoms with Gasteiger partial charge in [0.05, 0.1) is 0 Å². The molecule has 0 aliphatic heterocycles. The molecule has 0 saturated heterocycles. The van der Waals surface area contributed by atoms with Gasteiger partial charge in [-0.2, -0.15) is 4.98 Å². The summed E-state index contributed by atoms with van der Waals surface area (Å²) in [6, 6.07) is 0. The first-order valence-electron chi connectivity index (χ1n) is 4.75. The molecule has 0 N–H and O–H groups in total. The summed E-state index contributed by atoms with van der Waals surface area (Å²) in [5.41, 5.74) is 0. The van der Waals surface area contributed by atoms with Crippen LogP contribution in [-0.2, 0) is 6.54 Å². The van der Waals surface area contributed by atoms with Gasteiger partial charge in [-0.3, -0.25) is 0 Å². The minimum atomic E-state index is 0.818. The lowest BCUT2D eigenvalue weighted by atomic mass is 10.4. The zero-order chi connectivity index (χ0) is 9.42. The number of aryl methyl sites for hydroxylation is 1. The van der Waals surface area contributed by atoms with Crippen LogP contribution in [-0.4, -0.2) is 28.9 Å². The molecule has 1 aliphatic carbocycles. The lowest BCUT2D eigenvalue weighted by Gasteiger charge is -2.04. The fraction of sp³-hybridized carbons (Fsp3) is 0.778. The molecule has 0 spiro atoms. The third-order valence-corrected chi connectivity index (χ3v) is 2.37. The maximum Gasteiger partial charge on any atom is 0.244 e. The minimum absolute atomic E-state index is 0.818. The van der Waals surface area contributed by atoms with E-state index in [2.05, 4.69) is 10.1 Å². The van der Waals surface area contributed by atoms with Crippen LogP contribution < -0.4 is 4.90 Å². The maximum atomic E-state index is 4.42. The number of anilines is 1. The molecular formula is C9H16N4. The highest BCUT2D eigenvalue weighted by atomic mass is 15.4. The number of hydrogen-bond acceptors (Lipinski definition) is 3. The first-order valence-corrected chi connectivity index (χ1v) is 4.75. The molecule has 0 radical (unpaired) electrons. The van der Waals surface area contributed by atoms with Gasteiger partial charge in [-0.25, -0.2) is 4.68 Å². The standard InChI is InChI=1S/C9H16N4/c1-7-10-9(12(2)3)11-13(7)6-8-4-5-8/h8H,4-6H2,1-3H3. The molecule has 13 heavy (non-hydrogen) atoms. The van der Waals surface area contributed by atoms with Gasteiger partial charge in [-0.15, -0.1) is 5.10 Å². The van der Waals surface area contributed by atoms with E-state index in [0.29, 0.717) is 0 Å². The average Bonchev–Trinajstić information content (AvgIpc) is 2.78. The van der Waals surface area contributed by atoms with Crippen molar-refractivity contribution in [3.05, 3.63) is 5.82 Å². The number of rotatable bonds is 3. The largest absolute Gasteiger partial charge is 0.346 e.